The second-order valence-corrected chi connectivity index (χ2v) is 12.8. The number of benzene rings is 6. The fourth-order valence-electron chi connectivity index (χ4n) is 6.17. The molecular formula is C43H27N5S. The zero-order valence-corrected chi connectivity index (χ0v) is 27.0. The van der Waals surface area contributed by atoms with Gasteiger partial charge in [-0.05, 0) is 17.2 Å². The molecule has 0 amide bonds. The molecule has 49 heavy (non-hydrogen) atoms. The van der Waals surface area contributed by atoms with Crippen LogP contribution in [0.5, 0.6) is 0 Å². The van der Waals surface area contributed by atoms with E-state index in [-0.39, 0.29) is 0 Å². The second kappa shape index (κ2) is 12.3. The molecule has 0 unspecified atom stereocenters. The minimum absolute atomic E-state index is 0.599. The fraction of sp³-hybridized carbons (Fsp3) is 0. The quantitative estimate of drug-likeness (QED) is 0.180. The number of hydrogen-bond acceptors (Lipinski definition) is 6. The summed E-state index contributed by atoms with van der Waals surface area (Å²) in [6, 6.07) is 55.7. The molecule has 0 N–H and O–H groups in total. The predicted octanol–water partition coefficient (Wildman–Crippen LogP) is 11.0. The number of nitrogens with zero attached hydrogens (tertiary/aromatic N) is 5. The summed E-state index contributed by atoms with van der Waals surface area (Å²) in [4.78, 5) is 25.6. The lowest BCUT2D eigenvalue weighted by atomic mass is 10.0. The Morgan fingerprint density at radius 2 is 0.776 bits per heavy atom. The summed E-state index contributed by atoms with van der Waals surface area (Å²) in [5.74, 6) is 2.52. The van der Waals surface area contributed by atoms with Gasteiger partial charge in [-0.15, -0.1) is 11.3 Å². The molecule has 0 spiro atoms. The van der Waals surface area contributed by atoms with Crippen molar-refractivity contribution in [3.8, 4) is 67.9 Å². The molecule has 0 saturated carbocycles. The summed E-state index contributed by atoms with van der Waals surface area (Å²) < 4.78 is 2.13. The van der Waals surface area contributed by atoms with E-state index in [2.05, 4.69) is 91.0 Å². The number of rotatable bonds is 6. The van der Waals surface area contributed by atoms with Gasteiger partial charge in [-0.2, -0.15) is 0 Å². The van der Waals surface area contributed by atoms with Gasteiger partial charge in [0.15, 0.2) is 23.3 Å². The lowest BCUT2D eigenvalue weighted by molar-refractivity contribution is 1.08. The van der Waals surface area contributed by atoms with Gasteiger partial charge in [-0.3, -0.25) is 0 Å². The molecule has 0 aliphatic rings. The predicted molar refractivity (Wildman–Crippen MR) is 201 cm³/mol. The Balaban J connectivity index is 1.28. The fourth-order valence-corrected chi connectivity index (χ4v) is 7.35. The van der Waals surface area contributed by atoms with Crippen LogP contribution in [0.1, 0.15) is 0 Å². The molecule has 0 saturated heterocycles. The first-order valence-corrected chi connectivity index (χ1v) is 16.9. The number of aromatic nitrogens is 5. The van der Waals surface area contributed by atoms with Crippen LogP contribution in [0.25, 0.3) is 88.2 Å². The van der Waals surface area contributed by atoms with Crippen LogP contribution < -0.4 is 0 Å². The molecular weight excluding hydrogens is 619 g/mol. The molecule has 0 atom stereocenters. The van der Waals surface area contributed by atoms with Gasteiger partial charge in [0.2, 0.25) is 0 Å². The third kappa shape index (κ3) is 5.44. The van der Waals surface area contributed by atoms with E-state index >= 15 is 0 Å². The van der Waals surface area contributed by atoms with Gasteiger partial charge in [0.05, 0.1) is 15.9 Å². The summed E-state index contributed by atoms with van der Waals surface area (Å²) in [6.45, 7) is 0. The Kier molecular flexibility index (Phi) is 7.26. The first-order chi connectivity index (χ1) is 24.3. The molecule has 0 fully saturated rings. The summed E-state index contributed by atoms with van der Waals surface area (Å²) >= 11 is 1.70. The van der Waals surface area contributed by atoms with Crippen LogP contribution >= 0.6 is 11.3 Å². The van der Waals surface area contributed by atoms with Crippen molar-refractivity contribution < 1.29 is 0 Å². The highest BCUT2D eigenvalue weighted by Gasteiger charge is 2.21. The lowest BCUT2D eigenvalue weighted by Gasteiger charge is -2.10. The third-order valence-electron chi connectivity index (χ3n) is 8.58. The highest BCUT2D eigenvalue weighted by Crippen LogP contribution is 2.43. The minimum atomic E-state index is 0.599. The van der Waals surface area contributed by atoms with Gasteiger partial charge in [-0.1, -0.05) is 158 Å². The lowest BCUT2D eigenvalue weighted by Crippen LogP contribution is -2.00. The van der Waals surface area contributed by atoms with Gasteiger partial charge in [0.25, 0.3) is 0 Å². The largest absolute Gasteiger partial charge is 0.226 e. The number of hydrogen-bond donors (Lipinski definition) is 0. The molecule has 6 heteroatoms. The van der Waals surface area contributed by atoms with Crippen molar-refractivity contribution in [2.75, 3.05) is 0 Å². The van der Waals surface area contributed by atoms with Gasteiger partial charge < -0.3 is 0 Å². The summed E-state index contributed by atoms with van der Waals surface area (Å²) in [5, 5.41) is 1.01. The topological polar surface area (TPSA) is 64.5 Å². The molecule has 9 rings (SSSR count). The van der Waals surface area contributed by atoms with Crippen LogP contribution in [0.2, 0.25) is 0 Å². The SMILES string of the molecule is c1ccc(-c2ccc(-c3nc(-c4ccccc4)nc(-c4cccc5sc6c(-c7ccccc7)nc(-c7ccccc7)nc6c45)n3)cc2)cc1. The maximum Gasteiger partial charge on any atom is 0.164 e. The average molecular weight is 646 g/mol. The van der Waals surface area contributed by atoms with Gasteiger partial charge in [0, 0.05) is 37.9 Å². The zero-order valence-electron chi connectivity index (χ0n) is 26.2. The van der Waals surface area contributed by atoms with Crippen molar-refractivity contribution in [3.05, 3.63) is 164 Å². The molecule has 0 aliphatic carbocycles. The highest BCUT2D eigenvalue weighted by atomic mass is 32.1. The molecule has 230 valence electrons. The third-order valence-corrected chi connectivity index (χ3v) is 9.73. The molecule has 9 aromatic rings. The maximum absolute atomic E-state index is 5.23. The molecule has 5 nitrogen and oxygen atoms in total. The van der Waals surface area contributed by atoms with Crippen LogP contribution in [-0.2, 0) is 0 Å². The first kappa shape index (κ1) is 28.8. The van der Waals surface area contributed by atoms with Crippen LogP contribution in [0.4, 0.5) is 0 Å². The Labute approximate surface area is 287 Å². The van der Waals surface area contributed by atoms with Gasteiger partial charge in [0.1, 0.15) is 0 Å². The molecule has 6 aromatic carbocycles. The van der Waals surface area contributed by atoms with Crippen LogP contribution in [0, 0.1) is 0 Å². The van der Waals surface area contributed by atoms with Crippen LogP contribution in [0.15, 0.2) is 164 Å². The first-order valence-electron chi connectivity index (χ1n) is 16.1. The molecule has 3 heterocycles. The van der Waals surface area contributed by atoms with Crippen LogP contribution in [0.3, 0.4) is 0 Å². The smallest absolute Gasteiger partial charge is 0.164 e. The molecule has 0 bridgehead atoms. The average Bonchev–Trinajstić information content (AvgIpc) is 3.58. The van der Waals surface area contributed by atoms with E-state index in [4.69, 9.17) is 24.9 Å². The standard InChI is InChI=1S/C43H27N5S/c1-5-14-28(15-6-1)29-24-26-33(27-25-29)42-46-41(32-20-11-4-12-21-32)47-43(48-42)34-22-13-23-35-36(34)38-39(49-35)37(30-16-7-2-8-17-30)44-40(45-38)31-18-9-3-10-19-31/h1-27H. The van der Waals surface area contributed by atoms with E-state index in [0.29, 0.717) is 23.3 Å². The van der Waals surface area contributed by atoms with Crippen molar-refractivity contribution in [1.29, 1.82) is 0 Å². The minimum Gasteiger partial charge on any atom is -0.226 e. The number of fused-ring (bicyclic) bond motifs is 3. The van der Waals surface area contributed by atoms with Crippen LogP contribution in [-0.4, -0.2) is 24.9 Å². The van der Waals surface area contributed by atoms with Crippen molar-refractivity contribution in [2.24, 2.45) is 0 Å². The molecule has 3 aromatic heterocycles. The monoisotopic (exact) mass is 645 g/mol. The van der Waals surface area contributed by atoms with Crippen molar-refractivity contribution >= 4 is 31.6 Å². The summed E-state index contributed by atoms with van der Waals surface area (Å²) in [6.07, 6.45) is 0. The van der Waals surface area contributed by atoms with E-state index in [1.165, 1.54) is 0 Å². The summed E-state index contributed by atoms with van der Waals surface area (Å²) in [5.41, 5.74) is 8.87. The van der Waals surface area contributed by atoms with Gasteiger partial charge >= 0.3 is 0 Å². The van der Waals surface area contributed by atoms with E-state index < -0.39 is 0 Å². The van der Waals surface area contributed by atoms with Gasteiger partial charge in [-0.25, -0.2) is 24.9 Å². The normalized spacial score (nSPS) is 11.3. The van der Waals surface area contributed by atoms with E-state index in [9.17, 15) is 0 Å². The number of thiophene rings is 1. The molecule has 0 radical (unpaired) electrons. The Hall–Kier alpha value is -6.37. The Morgan fingerprint density at radius 3 is 1.37 bits per heavy atom. The van der Waals surface area contributed by atoms with E-state index in [1.54, 1.807) is 11.3 Å². The van der Waals surface area contributed by atoms with E-state index in [0.717, 1.165) is 64.9 Å². The van der Waals surface area contributed by atoms with E-state index in [1.807, 2.05) is 72.8 Å². The summed E-state index contributed by atoms with van der Waals surface area (Å²) in [7, 11) is 0. The highest BCUT2D eigenvalue weighted by molar-refractivity contribution is 7.26. The Bertz CT molecular complexity index is 2570. The zero-order chi connectivity index (χ0) is 32.6. The molecule has 0 aliphatic heterocycles. The van der Waals surface area contributed by atoms with Crippen molar-refractivity contribution in [2.45, 2.75) is 0 Å². The second-order valence-electron chi connectivity index (χ2n) is 11.7. The Morgan fingerprint density at radius 1 is 0.327 bits per heavy atom. The maximum atomic E-state index is 5.23. The van der Waals surface area contributed by atoms with Crippen molar-refractivity contribution in [3.63, 3.8) is 0 Å². The van der Waals surface area contributed by atoms with Crippen molar-refractivity contribution in [1.82, 2.24) is 24.9 Å².